The van der Waals surface area contributed by atoms with Crippen LogP contribution in [0, 0.1) is 11.6 Å². The van der Waals surface area contributed by atoms with Crippen LogP contribution in [0.15, 0.2) is 75.3 Å². The smallest absolute Gasteiger partial charge is 0.253 e. The first-order chi connectivity index (χ1) is 15.5. The number of benzene rings is 2. The van der Waals surface area contributed by atoms with Crippen molar-refractivity contribution in [3.05, 3.63) is 78.1 Å². The number of thioether (sulfide) groups is 1. The Labute approximate surface area is 185 Å². The molecule has 0 aliphatic carbocycles. The summed E-state index contributed by atoms with van der Waals surface area (Å²) in [5.74, 6) is -1.28. The zero-order valence-electron chi connectivity index (χ0n) is 16.6. The molecule has 2 aromatic heterocycles. The summed E-state index contributed by atoms with van der Waals surface area (Å²) in [4.78, 5) is 12.4. The van der Waals surface area contributed by atoms with Crippen molar-refractivity contribution in [2.45, 2.75) is 17.3 Å². The predicted molar refractivity (Wildman–Crippen MR) is 114 cm³/mol. The molecular weight excluding hydrogens is 438 g/mol. The lowest BCUT2D eigenvalue weighted by Crippen LogP contribution is -2.27. The maximum atomic E-state index is 13.9. The van der Waals surface area contributed by atoms with Gasteiger partial charge in [0.1, 0.15) is 23.2 Å². The Bertz CT molecular complexity index is 1260. The van der Waals surface area contributed by atoms with Gasteiger partial charge in [-0.3, -0.25) is 4.79 Å². The number of halogens is 2. The van der Waals surface area contributed by atoms with Gasteiger partial charge in [-0.25, -0.2) is 14.2 Å². The van der Waals surface area contributed by atoms with E-state index in [4.69, 9.17) is 4.42 Å². The Kier molecular flexibility index (Phi) is 6.36. The predicted octanol–water partition coefficient (Wildman–Crippen LogP) is 3.83. The van der Waals surface area contributed by atoms with Gasteiger partial charge in [-0.2, -0.15) is 9.78 Å². The zero-order valence-corrected chi connectivity index (χ0v) is 17.5. The molecule has 4 rings (SSSR count). The molecule has 162 valence electrons. The van der Waals surface area contributed by atoms with E-state index in [2.05, 4.69) is 26.1 Å². The summed E-state index contributed by atoms with van der Waals surface area (Å²) in [5.41, 5.74) is 3.31. The number of carbonyl (C=O) groups excluding carboxylic acids is 1. The molecule has 4 aromatic rings. The first-order valence-electron chi connectivity index (χ1n) is 9.40. The number of hydrazone groups is 1. The van der Waals surface area contributed by atoms with E-state index in [0.29, 0.717) is 5.16 Å². The number of aromatic nitrogens is 4. The molecule has 1 N–H and O–H groups in total. The second kappa shape index (κ2) is 9.52. The van der Waals surface area contributed by atoms with Gasteiger partial charge in [-0.05, 0) is 53.7 Å². The van der Waals surface area contributed by atoms with E-state index < -0.39 is 16.9 Å². The van der Waals surface area contributed by atoms with Crippen LogP contribution in [0.4, 0.5) is 8.78 Å². The summed E-state index contributed by atoms with van der Waals surface area (Å²) in [5, 5.41) is 15.4. The summed E-state index contributed by atoms with van der Waals surface area (Å²) >= 11 is 1.18. The molecule has 1 amide bonds. The quantitative estimate of drug-likeness (QED) is 0.259. The molecule has 1 unspecified atom stereocenters. The Balaban J connectivity index is 1.36. The fourth-order valence-corrected chi connectivity index (χ4v) is 3.50. The molecule has 11 heteroatoms. The van der Waals surface area contributed by atoms with Crippen molar-refractivity contribution in [3.63, 3.8) is 0 Å². The van der Waals surface area contributed by atoms with Gasteiger partial charge in [0.25, 0.3) is 5.91 Å². The number of nitrogens with zero attached hydrogens (tertiary/aromatic N) is 5. The average Bonchev–Trinajstić information content (AvgIpc) is 3.44. The van der Waals surface area contributed by atoms with E-state index in [-0.39, 0.29) is 23.0 Å². The third-order valence-corrected chi connectivity index (χ3v) is 5.32. The fourth-order valence-electron chi connectivity index (χ4n) is 2.70. The third-order valence-electron chi connectivity index (χ3n) is 4.28. The highest BCUT2D eigenvalue weighted by Crippen LogP contribution is 2.25. The van der Waals surface area contributed by atoms with Crippen LogP contribution in [-0.2, 0) is 4.79 Å². The van der Waals surface area contributed by atoms with Crippen LogP contribution >= 0.6 is 11.8 Å². The maximum absolute atomic E-state index is 13.9. The molecule has 0 bridgehead atoms. The SMILES string of the molecule is CC(Sc1nnnn1-c1ccccc1)C(=O)N/N=C/c1ccc(-c2ccc(F)cc2F)o1. The lowest BCUT2D eigenvalue weighted by molar-refractivity contribution is -0.120. The van der Waals surface area contributed by atoms with E-state index in [1.165, 1.54) is 34.8 Å². The molecule has 8 nitrogen and oxygen atoms in total. The minimum atomic E-state index is -0.736. The third kappa shape index (κ3) is 4.89. The molecule has 0 saturated heterocycles. The topological polar surface area (TPSA) is 98.2 Å². The van der Waals surface area contributed by atoms with Crippen molar-refractivity contribution < 1.29 is 18.0 Å². The van der Waals surface area contributed by atoms with Crippen LogP contribution in [0.25, 0.3) is 17.0 Å². The van der Waals surface area contributed by atoms with Gasteiger partial charge < -0.3 is 4.42 Å². The summed E-state index contributed by atoms with van der Waals surface area (Å²) in [6.45, 7) is 1.70. The number of carbonyl (C=O) groups is 1. The molecule has 2 heterocycles. The van der Waals surface area contributed by atoms with Crippen molar-refractivity contribution in [3.8, 4) is 17.0 Å². The van der Waals surface area contributed by atoms with Crippen molar-refractivity contribution in [1.29, 1.82) is 0 Å². The lowest BCUT2D eigenvalue weighted by atomic mass is 10.1. The number of tetrazole rings is 1. The van der Waals surface area contributed by atoms with Gasteiger partial charge in [0, 0.05) is 6.07 Å². The number of nitrogens with one attached hydrogen (secondary N) is 1. The Morgan fingerprint density at radius 3 is 2.78 bits per heavy atom. The van der Waals surface area contributed by atoms with E-state index >= 15 is 0 Å². The monoisotopic (exact) mass is 454 g/mol. The number of rotatable bonds is 7. The number of hydrogen-bond donors (Lipinski definition) is 1. The molecule has 0 radical (unpaired) electrons. The standard InChI is InChI=1S/C21H16F2N6O2S/c1-13(32-21-26-27-28-29(21)15-5-3-2-4-6-15)20(30)25-24-12-16-8-10-19(31-16)17-9-7-14(22)11-18(17)23/h2-13H,1H3,(H,25,30)/b24-12+. The minimum absolute atomic E-state index is 0.122. The van der Waals surface area contributed by atoms with Gasteiger partial charge in [0.2, 0.25) is 5.16 Å². The first-order valence-corrected chi connectivity index (χ1v) is 10.3. The average molecular weight is 454 g/mol. The molecule has 2 aromatic carbocycles. The summed E-state index contributed by atoms with van der Waals surface area (Å²) in [6, 6.07) is 15.6. The largest absolute Gasteiger partial charge is 0.455 e. The number of amides is 1. The van der Waals surface area contributed by atoms with E-state index in [0.717, 1.165) is 17.8 Å². The summed E-state index contributed by atoms with van der Waals surface area (Å²) in [6.07, 6.45) is 1.29. The van der Waals surface area contributed by atoms with Crippen LogP contribution in [0.2, 0.25) is 0 Å². The highest BCUT2D eigenvalue weighted by Gasteiger charge is 2.19. The second-order valence-electron chi connectivity index (χ2n) is 6.53. The molecule has 1 atom stereocenters. The van der Waals surface area contributed by atoms with Gasteiger partial charge in [-0.1, -0.05) is 30.0 Å². The van der Waals surface area contributed by atoms with E-state index in [1.807, 2.05) is 30.3 Å². The summed E-state index contributed by atoms with van der Waals surface area (Å²) in [7, 11) is 0. The zero-order chi connectivity index (χ0) is 22.5. The molecule has 32 heavy (non-hydrogen) atoms. The molecule has 0 saturated carbocycles. The van der Waals surface area contributed by atoms with Gasteiger partial charge in [-0.15, -0.1) is 5.10 Å². The molecule has 0 aliphatic rings. The Hall–Kier alpha value is -3.86. The second-order valence-corrected chi connectivity index (χ2v) is 7.84. The first kappa shape index (κ1) is 21.4. The van der Waals surface area contributed by atoms with Gasteiger partial charge >= 0.3 is 0 Å². The number of hydrogen-bond acceptors (Lipinski definition) is 7. The molecular formula is C21H16F2N6O2S. The molecule has 0 fully saturated rings. The van der Waals surface area contributed by atoms with Crippen molar-refractivity contribution in [2.24, 2.45) is 5.10 Å². The van der Waals surface area contributed by atoms with Crippen LogP contribution in [0.5, 0.6) is 0 Å². The maximum Gasteiger partial charge on any atom is 0.253 e. The van der Waals surface area contributed by atoms with Crippen LogP contribution < -0.4 is 5.43 Å². The van der Waals surface area contributed by atoms with Gasteiger partial charge in [0.15, 0.2) is 0 Å². The van der Waals surface area contributed by atoms with Crippen molar-refractivity contribution in [1.82, 2.24) is 25.6 Å². The molecule has 0 aliphatic heterocycles. The lowest BCUT2D eigenvalue weighted by Gasteiger charge is -2.09. The number of para-hydroxylation sites is 1. The highest BCUT2D eigenvalue weighted by molar-refractivity contribution is 8.00. The minimum Gasteiger partial charge on any atom is -0.455 e. The van der Waals surface area contributed by atoms with Crippen molar-refractivity contribution >= 4 is 23.9 Å². The number of furan rings is 1. The highest BCUT2D eigenvalue weighted by atomic mass is 32.2. The van der Waals surface area contributed by atoms with Gasteiger partial charge in [0.05, 0.1) is 22.7 Å². The molecule has 0 spiro atoms. The summed E-state index contributed by atoms with van der Waals surface area (Å²) < 4.78 is 34.0. The van der Waals surface area contributed by atoms with Crippen LogP contribution in [0.3, 0.4) is 0 Å². The fraction of sp³-hybridized carbons (Fsp3) is 0.0952. The van der Waals surface area contributed by atoms with Crippen LogP contribution in [0.1, 0.15) is 12.7 Å². The van der Waals surface area contributed by atoms with E-state index in [1.54, 1.807) is 13.0 Å². The Morgan fingerprint density at radius 2 is 2.00 bits per heavy atom. The van der Waals surface area contributed by atoms with Crippen molar-refractivity contribution in [2.75, 3.05) is 0 Å². The van der Waals surface area contributed by atoms with E-state index in [9.17, 15) is 13.6 Å². The van der Waals surface area contributed by atoms with Crippen LogP contribution in [-0.4, -0.2) is 37.6 Å². The Morgan fingerprint density at radius 1 is 1.19 bits per heavy atom. The normalized spacial score (nSPS) is 12.2.